The summed E-state index contributed by atoms with van der Waals surface area (Å²) in [5.41, 5.74) is 1.10. The van der Waals surface area contributed by atoms with Crippen molar-refractivity contribution in [3.63, 3.8) is 0 Å². The normalized spacial score (nSPS) is 10.9. The second-order valence-electron chi connectivity index (χ2n) is 5.83. The molecule has 8 heteroatoms. The van der Waals surface area contributed by atoms with Crippen LogP contribution in [-0.2, 0) is 11.3 Å². The average Bonchev–Trinajstić information content (AvgIpc) is 2.65. The Bertz CT molecular complexity index is 1050. The van der Waals surface area contributed by atoms with Crippen molar-refractivity contribution in [1.82, 2.24) is 9.55 Å². The number of para-hydroxylation sites is 1. The molecule has 1 N–H and O–H groups in total. The predicted octanol–water partition coefficient (Wildman–Crippen LogP) is 4.95. The van der Waals surface area contributed by atoms with Gasteiger partial charge in [-0.05, 0) is 36.8 Å². The van der Waals surface area contributed by atoms with Crippen molar-refractivity contribution >= 4 is 61.8 Å². The molecule has 0 saturated heterocycles. The van der Waals surface area contributed by atoms with Gasteiger partial charge in [0.1, 0.15) is 0 Å². The second-order valence-corrected chi connectivity index (χ2v) is 8.09. The zero-order valence-electron chi connectivity index (χ0n) is 14.5. The molecule has 140 valence electrons. The molecule has 27 heavy (non-hydrogen) atoms. The fraction of sp³-hybridized carbons (Fsp3) is 0.211. The number of amides is 1. The summed E-state index contributed by atoms with van der Waals surface area (Å²) >= 11 is 10.7. The number of hydrogen-bond acceptors (Lipinski definition) is 4. The summed E-state index contributed by atoms with van der Waals surface area (Å²) in [5, 5.41) is 4.36. The molecule has 1 amide bonds. The fourth-order valence-corrected chi connectivity index (χ4v) is 4.13. The van der Waals surface area contributed by atoms with Crippen LogP contribution in [0.25, 0.3) is 10.9 Å². The Morgan fingerprint density at radius 3 is 2.81 bits per heavy atom. The van der Waals surface area contributed by atoms with Crippen LogP contribution in [0.5, 0.6) is 0 Å². The Kier molecular flexibility index (Phi) is 6.57. The van der Waals surface area contributed by atoms with Crippen LogP contribution < -0.4 is 10.9 Å². The van der Waals surface area contributed by atoms with Crippen molar-refractivity contribution in [2.75, 3.05) is 11.1 Å². The number of benzene rings is 2. The zero-order chi connectivity index (χ0) is 19.4. The first-order chi connectivity index (χ1) is 13.0. The summed E-state index contributed by atoms with van der Waals surface area (Å²) in [7, 11) is 0. The second kappa shape index (κ2) is 8.91. The molecule has 0 aliphatic heterocycles. The fourth-order valence-electron chi connectivity index (χ4n) is 2.59. The van der Waals surface area contributed by atoms with Gasteiger partial charge in [-0.2, -0.15) is 0 Å². The number of halogens is 2. The minimum absolute atomic E-state index is 0.0821. The van der Waals surface area contributed by atoms with Crippen molar-refractivity contribution in [3.8, 4) is 0 Å². The maximum Gasteiger partial charge on any atom is 0.262 e. The molecular weight excluding hydrogens is 450 g/mol. The van der Waals surface area contributed by atoms with Crippen molar-refractivity contribution < 1.29 is 4.79 Å². The number of carbonyl (C=O) groups is 1. The average molecular weight is 467 g/mol. The van der Waals surface area contributed by atoms with Crippen LogP contribution in [-0.4, -0.2) is 21.2 Å². The molecule has 1 heterocycles. The Labute approximate surface area is 174 Å². The minimum Gasteiger partial charge on any atom is -0.324 e. The molecule has 2 aromatic carbocycles. The highest BCUT2D eigenvalue weighted by Crippen LogP contribution is 2.26. The van der Waals surface area contributed by atoms with E-state index in [-0.39, 0.29) is 17.2 Å². The molecule has 0 fully saturated rings. The zero-order valence-corrected chi connectivity index (χ0v) is 17.7. The Hall–Kier alpha value is -1.83. The van der Waals surface area contributed by atoms with Crippen molar-refractivity contribution in [2.24, 2.45) is 0 Å². The van der Waals surface area contributed by atoms with Gasteiger partial charge in [0.15, 0.2) is 5.16 Å². The molecule has 0 aliphatic rings. The summed E-state index contributed by atoms with van der Waals surface area (Å²) in [6.45, 7) is 2.55. The number of rotatable bonds is 6. The highest BCUT2D eigenvalue weighted by atomic mass is 79.9. The molecule has 0 unspecified atom stereocenters. The topological polar surface area (TPSA) is 64.0 Å². The molecule has 0 saturated carbocycles. The largest absolute Gasteiger partial charge is 0.324 e. The van der Waals surface area contributed by atoms with E-state index in [1.807, 2.05) is 19.1 Å². The lowest BCUT2D eigenvalue weighted by Crippen LogP contribution is -2.24. The third-order valence-electron chi connectivity index (χ3n) is 3.81. The number of hydrogen-bond donors (Lipinski definition) is 1. The molecule has 5 nitrogen and oxygen atoms in total. The van der Waals surface area contributed by atoms with Gasteiger partial charge in [0.05, 0.1) is 27.4 Å². The van der Waals surface area contributed by atoms with Gasteiger partial charge < -0.3 is 5.32 Å². The van der Waals surface area contributed by atoms with Gasteiger partial charge in [-0.15, -0.1) is 0 Å². The number of carbonyl (C=O) groups excluding carboxylic acids is 1. The Morgan fingerprint density at radius 2 is 2.07 bits per heavy atom. The molecule has 0 radical (unpaired) electrons. The van der Waals surface area contributed by atoms with E-state index in [0.29, 0.717) is 33.3 Å². The van der Waals surface area contributed by atoms with Gasteiger partial charge in [-0.1, -0.05) is 58.3 Å². The molecule has 0 aliphatic carbocycles. The lowest BCUT2D eigenvalue weighted by atomic mass is 10.2. The number of nitrogens with zero attached hydrogens (tertiary/aromatic N) is 2. The van der Waals surface area contributed by atoms with Crippen LogP contribution in [0.15, 0.2) is 56.9 Å². The summed E-state index contributed by atoms with van der Waals surface area (Å²) in [6, 6.07) is 12.5. The first kappa shape index (κ1) is 19.9. The van der Waals surface area contributed by atoms with E-state index in [9.17, 15) is 9.59 Å². The standard InChI is InChI=1S/C19H17BrClN3O2S/c1-2-9-24-18(26)13-5-3-4-6-15(13)23-19(24)27-11-17(25)22-16-8-7-12(20)10-14(16)21/h3-8,10H,2,9,11H2,1H3,(H,22,25). The third kappa shape index (κ3) is 4.72. The summed E-state index contributed by atoms with van der Waals surface area (Å²) < 4.78 is 2.47. The number of anilines is 1. The first-order valence-corrected chi connectivity index (χ1v) is 10.5. The quantitative estimate of drug-likeness (QED) is 0.412. The van der Waals surface area contributed by atoms with Crippen LogP contribution in [0.3, 0.4) is 0 Å². The Balaban J connectivity index is 1.80. The molecule has 1 aromatic heterocycles. The van der Waals surface area contributed by atoms with Gasteiger partial charge in [-0.25, -0.2) is 4.98 Å². The van der Waals surface area contributed by atoms with Crippen LogP contribution in [0, 0.1) is 0 Å². The lowest BCUT2D eigenvalue weighted by molar-refractivity contribution is -0.113. The summed E-state index contributed by atoms with van der Waals surface area (Å²) in [6.07, 6.45) is 0.800. The highest BCUT2D eigenvalue weighted by Gasteiger charge is 2.13. The van der Waals surface area contributed by atoms with E-state index in [1.54, 1.807) is 34.9 Å². The van der Waals surface area contributed by atoms with Crippen molar-refractivity contribution in [2.45, 2.75) is 25.0 Å². The van der Waals surface area contributed by atoms with Crippen LogP contribution in [0.4, 0.5) is 5.69 Å². The number of fused-ring (bicyclic) bond motifs is 1. The van der Waals surface area contributed by atoms with E-state index >= 15 is 0 Å². The predicted molar refractivity (Wildman–Crippen MR) is 115 cm³/mol. The Morgan fingerprint density at radius 1 is 1.30 bits per heavy atom. The SMILES string of the molecule is CCCn1c(SCC(=O)Nc2ccc(Br)cc2Cl)nc2ccccc2c1=O. The molecule has 0 spiro atoms. The highest BCUT2D eigenvalue weighted by molar-refractivity contribution is 9.10. The van der Waals surface area contributed by atoms with E-state index in [2.05, 4.69) is 26.2 Å². The van der Waals surface area contributed by atoms with E-state index in [0.717, 1.165) is 10.9 Å². The third-order valence-corrected chi connectivity index (χ3v) is 5.59. The van der Waals surface area contributed by atoms with Crippen LogP contribution in [0.2, 0.25) is 5.02 Å². The van der Waals surface area contributed by atoms with E-state index in [4.69, 9.17) is 11.6 Å². The number of thioether (sulfide) groups is 1. The van der Waals surface area contributed by atoms with Crippen LogP contribution >= 0.6 is 39.3 Å². The van der Waals surface area contributed by atoms with Crippen molar-refractivity contribution in [3.05, 3.63) is 62.3 Å². The van der Waals surface area contributed by atoms with E-state index in [1.165, 1.54) is 11.8 Å². The van der Waals surface area contributed by atoms with E-state index < -0.39 is 0 Å². The monoisotopic (exact) mass is 465 g/mol. The van der Waals surface area contributed by atoms with Gasteiger partial charge in [0, 0.05) is 11.0 Å². The molecular formula is C19H17BrClN3O2S. The van der Waals surface area contributed by atoms with Gasteiger partial charge in [0.2, 0.25) is 5.91 Å². The summed E-state index contributed by atoms with van der Waals surface area (Å²) in [4.78, 5) is 29.6. The lowest BCUT2D eigenvalue weighted by Gasteiger charge is -2.12. The van der Waals surface area contributed by atoms with Gasteiger partial charge in [0.25, 0.3) is 5.56 Å². The number of nitrogens with one attached hydrogen (secondary N) is 1. The van der Waals surface area contributed by atoms with Gasteiger partial charge >= 0.3 is 0 Å². The van der Waals surface area contributed by atoms with Crippen molar-refractivity contribution in [1.29, 1.82) is 0 Å². The smallest absolute Gasteiger partial charge is 0.262 e. The maximum atomic E-state index is 12.7. The maximum absolute atomic E-state index is 12.7. The number of aromatic nitrogens is 2. The molecule has 0 atom stereocenters. The van der Waals surface area contributed by atoms with Crippen LogP contribution in [0.1, 0.15) is 13.3 Å². The molecule has 3 rings (SSSR count). The summed E-state index contributed by atoms with van der Waals surface area (Å²) in [5.74, 6) is -0.0874. The molecule has 3 aromatic rings. The van der Waals surface area contributed by atoms with Gasteiger partial charge in [-0.3, -0.25) is 14.2 Å². The molecule has 0 bridgehead atoms. The first-order valence-electron chi connectivity index (χ1n) is 8.37. The minimum atomic E-state index is -0.213.